The monoisotopic (exact) mass is 533 g/mol. The third-order valence-electron chi connectivity index (χ3n) is 5.87. The fourth-order valence-corrected chi connectivity index (χ4v) is 4.52. The Hall–Kier alpha value is -2.91. The molecule has 1 aliphatic heterocycles. The van der Waals surface area contributed by atoms with Gasteiger partial charge in [-0.3, -0.25) is 4.90 Å². The van der Waals surface area contributed by atoms with Crippen LogP contribution in [0.5, 0.6) is 5.75 Å². The molecule has 1 saturated heterocycles. The first-order chi connectivity index (χ1) is 17.3. The molecule has 1 atom stereocenters. The zero-order valence-electron chi connectivity index (χ0n) is 19.7. The highest BCUT2D eigenvalue weighted by atomic mass is 35.5. The van der Waals surface area contributed by atoms with Crippen LogP contribution in [0.4, 0.5) is 10.2 Å². The highest BCUT2D eigenvalue weighted by Gasteiger charge is 2.20. The number of carbonyl (C=O) groups is 1. The number of nitrogen functional groups attached to an aromatic ring is 1. The lowest BCUT2D eigenvalue weighted by molar-refractivity contribution is 0.0195. The number of rotatable bonds is 8. The molecule has 0 saturated carbocycles. The molecule has 4 rings (SSSR count). The van der Waals surface area contributed by atoms with Gasteiger partial charge in [-0.05, 0) is 42.8 Å². The number of aromatic nitrogens is 1. The van der Waals surface area contributed by atoms with E-state index in [1.807, 2.05) is 0 Å². The Kier molecular flexibility index (Phi) is 8.64. The number of hydrogen-bond donors (Lipinski definition) is 1. The van der Waals surface area contributed by atoms with Crippen LogP contribution in [0.2, 0.25) is 10.0 Å². The number of nitrogens with zero attached hydrogens (tertiary/aromatic N) is 2. The summed E-state index contributed by atoms with van der Waals surface area (Å²) in [5.41, 5.74) is 8.30. The van der Waals surface area contributed by atoms with Gasteiger partial charge in [0.2, 0.25) is 0 Å². The largest absolute Gasteiger partial charge is 0.482 e. The SMILES string of the molecule is CC(Oc1cc(-c2ccc(C(=O)OCCN3CCOCC3)cc2)cnc1N)c1c(Cl)ccc(F)c1Cl. The van der Waals surface area contributed by atoms with Gasteiger partial charge in [-0.2, -0.15) is 0 Å². The molecule has 0 spiro atoms. The van der Waals surface area contributed by atoms with Gasteiger partial charge in [0.25, 0.3) is 0 Å². The maximum atomic E-state index is 13.9. The molecule has 1 fully saturated rings. The Labute approximate surface area is 218 Å². The van der Waals surface area contributed by atoms with Crippen LogP contribution in [0.1, 0.15) is 28.9 Å². The summed E-state index contributed by atoms with van der Waals surface area (Å²) in [7, 11) is 0. The number of benzene rings is 2. The van der Waals surface area contributed by atoms with E-state index in [9.17, 15) is 9.18 Å². The molecular weight excluding hydrogens is 508 g/mol. The summed E-state index contributed by atoms with van der Waals surface area (Å²) < 4.78 is 30.6. The molecule has 3 aromatic rings. The molecule has 1 unspecified atom stereocenters. The smallest absolute Gasteiger partial charge is 0.338 e. The lowest BCUT2D eigenvalue weighted by Crippen LogP contribution is -2.38. The minimum Gasteiger partial charge on any atom is -0.482 e. The van der Waals surface area contributed by atoms with E-state index in [1.165, 1.54) is 12.1 Å². The van der Waals surface area contributed by atoms with Crippen molar-refractivity contribution >= 4 is 35.0 Å². The molecule has 2 heterocycles. The summed E-state index contributed by atoms with van der Waals surface area (Å²) in [6.45, 7) is 5.78. The first kappa shape index (κ1) is 26.2. The number of halogens is 3. The number of morpholine rings is 1. The van der Waals surface area contributed by atoms with E-state index in [2.05, 4.69) is 9.88 Å². The lowest BCUT2D eigenvalue weighted by Gasteiger charge is -2.26. The minimum absolute atomic E-state index is 0.106. The molecule has 7 nitrogen and oxygen atoms in total. The summed E-state index contributed by atoms with van der Waals surface area (Å²) in [6, 6.07) is 11.3. The van der Waals surface area contributed by atoms with E-state index in [1.54, 1.807) is 43.5 Å². The summed E-state index contributed by atoms with van der Waals surface area (Å²) >= 11 is 12.3. The summed E-state index contributed by atoms with van der Waals surface area (Å²) in [6.07, 6.45) is 0.916. The van der Waals surface area contributed by atoms with E-state index in [0.29, 0.717) is 43.2 Å². The van der Waals surface area contributed by atoms with Crippen LogP contribution in [0, 0.1) is 5.82 Å². The number of anilines is 1. The Balaban J connectivity index is 1.42. The van der Waals surface area contributed by atoms with Crippen LogP contribution in [0.3, 0.4) is 0 Å². The van der Waals surface area contributed by atoms with Gasteiger partial charge in [-0.1, -0.05) is 35.3 Å². The quantitative estimate of drug-likeness (QED) is 0.306. The van der Waals surface area contributed by atoms with E-state index < -0.39 is 11.9 Å². The fourth-order valence-electron chi connectivity index (χ4n) is 3.85. The Bertz CT molecular complexity index is 1220. The second kappa shape index (κ2) is 11.9. The van der Waals surface area contributed by atoms with Crippen molar-refractivity contribution in [2.45, 2.75) is 13.0 Å². The zero-order valence-corrected chi connectivity index (χ0v) is 21.2. The molecule has 2 aromatic carbocycles. The standard InChI is InChI=1S/C26H26Cl2FN3O4/c1-16(23-20(27)6-7-21(29)24(23)28)36-22-14-19(15-31-25(22)30)17-2-4-18(5-3-17)26(33)35-13-10-32-8-11-34-12-9-32/h2-7,14-16H,8-13H2,1H3,(H2,30,31). The molecule has 0 aliphatic carbocycles. The van der Waals surface area contributed by atoms with Crippen LogP contribution in [0.25, 0.3) is 11.1 Å². The fraction of sp³-hybridized carbons (Fsp3) is 0.308. The summed E-state index contributed by atoms with van der Waals surface area (Å²) in [5.74, 6) is -0.518. The molecule has 36 heavy (non-hydrogen) atoms. The molecule has 10 heteroatoms. The topological polar surface area (TPSA) is 86.9 Å². The number of ether oxygens (including phenoxy) is 3. The molecule has 1 aromatic heterocycles. The van der Waals surface area contributed by atoms with Crippen molar-refractivity contribution in [1.29, 1.82) is 0 Å². The van der Waals surface area contributed by atoms with Gasteiger partial charge in [0.1, 0.15) is 18.5 Å². The average Bonchev–Trinajstić information content (AvgIpc) is 2.88. The molecule has 190 valence electrons. The first-order valence-electron chi connectivity index (χ1n) is 11.5. The third kappa shape index (κ3) is 6.25. The van der Waals surface area contributed by atoms with E-state index >= 15 is 0 Å². The number of pyridine rings is 1. The zero-order chi connectivity index (χ0) is 25.7. The van der Waals surface area contributed by atoms with Crippen molar-refractivity contribution < 1.29 is 23.4 Å². The van der Waals surface area contributed by atoms with Crippen molar-refractivity contribution in [2.24, 2.45) is 0 Å². The van der Waals surface area contributed by atoms with Gasteiger partial charge >= 0.3 is 5.97 Å². The second-order valence-corrected chi connectivity index (χ2v) is 9.08. The van der Waals surface area contributed by atoms with Crippen LogP contribution < -0.4 is 10.5 Å². The van der Waals surface area contributed by atoms with Gasteiger partial charge in [0.15, 0.2) is 11.6 Å². The van der Waals surface area contributed by atoms with Crippen molar-refractivity contribution in [3.8, 4) is 16.9 Å². The van der Waals surface area contributed by atoms with Crippen LogP contribution in [-0.2, 0) is 9.47 Å². The lowest BCUT2D eigenvalue weighted by atomic mass is 10.1. The average molecular weight is 534 g/mol. The maximum absolute atomic E-state index is 13.9. The Morgan fingerprint density at radius 2 is 1.89 bits per heavy atom. The third-order valence-corrected chi connectivity index (χ3v) is 6.58. The number of hydrogen-bond acceptors (Lipinski definition) is 7. The van der Waals surface area contributed by atoms with Crippen LogP contribution >= 0.6 is 23.2 Å². The first-order valence-corrected chi connectivity index (χ1v) is 12.2. The minimum atomic E-state index is -0.686. The van der Waals surface area contributed by atoms with Gasteiger partial charge in [-0.25, -0.2) is 14.2 Å². The summed E-state index contributed by atoms with van der Waals surface area (Å²) in [5, 5.41) is 0.175. The highest BCUT2D eigenvalue weighted by molar-refractivity contribution is 6.36. The number of nitrogens with two attached hydrogens (primary N) is 1. The predicted octanol–water partition coefficient (Wildman–Crippen LogP) is 5.41. The normalized spacial score (nSPS) is 14.9. The van der Waals surface area contributed by atoms with E-state index in [-0.39, 0.29) is 21.8 Å². The van der Waals surface area contributed by atoms with E-state index in [4.69, 9.17) is 43.1 Å². The Morgan fingerprint density at radius 3 is 2.61 bits per heavy atom. The molecular formula is C26H26Cl2FN3O4. The highest BCUT2D eigenvalue weighted by Crippen LogP contribution is 2.37. The predicted molar refractivity (Wildman–Crippen MR) is 137 cm³/mol. The van der Waals surface area contributed by atoms with Gasteiger partial charge in [0, 0.05) is 42.0 Å². The maximum Gasteiger partial charge on any atom is 0.338 e. The second-order valence-electron chi connectivity index (χ2n) is 8.29. The van der Waals surface area contributed by atoms with Crippen molar-refractivity contribution in [3.05, 3.63) is 75.7 Å². The molecule has 2 N–H and O–H groups in total. The van der Waals surface area contributed by atoms with E-state index in [0.717, 1.165) is 24.2 Å². The molecule has 0 bridgehead atoms. The van der Waals surface area contributed by atoms with Crippen molar-refractivity contribution in [3.63, 3.8) is 0 Å². The molecule has 0 radical (unpaired) electrons. The van der Waals surface area contributed by atoms with Gasteiger partial charge in [0.05, 0.1) is 23.8 Å². The van der Waals surface area contributed by atoms with Crippen LogP contribution in [0.15, 0.2) is 48.7 Å². The van der Waals surface area contributed by atoms with Gasteiger partial charge < -0.3 is 19.9 Å². The van der Waals surface area contributed by atoms with Crippen molar-refractivity contribution in [1.82, 2.24) is 9.88 Å². The van der Waals surface area contributed by atoms with Crippen molar-refractivity contribution in [2.75, 3.05) is 45.2 Å². The molecule has 0 amide bonds. The number of carbonyl (C=O) groups excluding carboxylic acids is 1. The van der Waals surface area contributed by atoms with Gasteiger partial charge in [-0.15, -0.1) is 0 Å². The summed E-state index contributed by atoms with van der Waals surface area (Å²) in [4.78, 5) is 18.8. The van der Waals surface area contributed by atoms with Crippen LogP contribution in [-0.4, -0.2) is 55.3 Å². The Morgan fingerprint density at radius 1 is 1.17 bits per heavy atom. The number of esters is 1. The molecule has 1 aliphatic rings.